The number of aryl methyl sites for hydroxylation is 1. The number of carboxylic acids is 1. The Bertz CT molecular complexity index is 487. The molecule has 0 aliphatic carbocycles. The molecule has 1 aromatic rings. The minimum absolute atomic E-state index is 0.385. The van der Waals surface area contributed by atoms with Crippen molar-refractivity contribution in [3.05, 3.63) is 29.8 Å². The quantitative estimate of drug-likeness (QED) is 0.833. The highest BCUT2D eigenvalue weighted by molar-refractivity contribution is 5.70. The lowest BCUT2D eigenvalue weighted by atomic mass is 10.1. The van der Waals surface area contributed by atoms with Gasteiger partial charge in [0.2, 0.25) is 0 Å². The third-order valence-corrected chi connectivity index (χ3v) is 4.16. The molecule has 0 amide bonds. The van der Waals surface area contributed by atoms with Crippen molar-refractivity contribution in [3.63, 3.8) is 0 Å². The molecule has 1 aliphatic heterocycles. The first-order chi connectivity index (χ1) is 10.6. The second-order valence-electron chi connectivity index (χ2n) is 5.93. The van der Waals surface area contributed by atoms with Gasteiger partial charge in [0.1, 0.15) is 0 Å². The minimum atomic E-state index is -0.745. The molecule has 1 aromatic carbocycles. The summed E-state index contributed by atoms with van der Waals surface area (Å²) in [4.78, 5) is 15.8. The predicted octanol–water partition coefficient (Wildman–Crippen LogP) is 1.85. The summed E-state index contributed by atoms with van der Waals surface area (Å²) in [5.41, 5.74) is 2.31. The molecule has 122 valence electrons. The van der Waals surface area contributed by atoms with Crippen molar-refractivity contribution in [1.29, 1.82) is 0 Å². The lowest BCUT2D eigenvalue weighted by molar-refractivity contribution is -0.140. The molecule has 1 fully saturated rings. The van der Waals surface area contributed by atoms with E-state index < -0.39 is 5.97 Å². The molecule has 1 heterocycles. The Morgan fingerprint density at radius 2 is 2.05 bits per heavy atom. The van der Waals surface area contributed by atoms with E-state index in [1.165, 1.54) is 5.56 Å². The number of aliphatic carboxylic acids is 1. The summed E-state index contributed by atoms with van der Waals surface area (Å²) in [6.45, 7) is 9.62. The van der Waals surface area contributed by atoms with Gasteiger partial charge < -0.3 is 14.7 Å². The van der Waals surface area contributed by atoms with E-state index in [-0.39, 0.29) is 5.92 Å². The second kappa shape index (κ2) is 8.15. The maximum atomic E-state index is 11.2. The number of morpholine rings is 1. The largest absolute Gasteiger partial charge is 0.481 e. The highest BCUT2D eigenvalue weighted by Crippen LogP contribution is 2.20. The van der Waals surface area contributed by atoms with E-state index in [2.05, 4.69) is 28.9 Å². The topological polar surface area (TPSA) is 53.0 Å². The number of para-hydroxylation sites is 1. The van der Waals surface area contributed by atoms with Gasteiger partial charge in [0, 0.05) is 38.4 Å². The molecule has 0 aromatic heterocycles. The summed E-state index contributed by atoms with van der Waals surface area (Å²) in [5.74, 6) is -1.13. The first-order valence-electron chi connectivity index (χ1n) is 7.91. The molecule has 1 atom stereocenters. The van der Waals surface area contributed by atoms with Crippen molar-refractivity contribution >= 4 is 11.7 Å². The monoisotopic (exact) mass is 306 g/mol. The van der Waals surface area contributed by atoms with Gasteiger partial charge in [-0.15, -0.1) is 0 Å². The van der Waals surface area contributed by atoms with Gasteiger partial charge in [-0.2, -0.15) is 0 Å². The van der Waals surface area contributed by atoms with Crippen LogP contribution in [0.3, 0.4) is 0 Å². The number of rotatable bonds is 7. The van der Waals surface area contributed by atoms with Crippen LogP contribution in [0.25, 0.3) is 0 Å². The van der Waals surface area contributed by atoms with E-state index in [0.29, 0.717) is 6.54 Å². The zero-order valence-electron chi connectivity index (χ0n) is 13.5. The van der Waals surface area contributed by atoms with E-state index in [1.807, 2.05) is 12.1 Å². The molecule has 2 rings (SSSR count). The second-order valence-corrected chi connectivity index (χ2v) is 5.93. The van der Waals surface area contributed by atoms with E-state index in [0.717, 1.165) is 45.1 Å². The number of hydrogen-bond donors (Lipinski definition) is 1. The molecule has 1 aliphatic rings. The van der Waals surface area contributed by atoms with Crippen LogP contribution >= 0.6 is 0 Å². The van der Waals surface area contributed by atoms with Gasteiger partial charge in [-0.05, 0) is 18.6 Å². The fourth-order valence-corrected chi connectivity index (χ4v) is 2.72. The standard InChI is InChI=1S/C17H26N2O3/c1-14-5-3-4-6-16(14)19(13-15(2)17(20)21)8-7-18-9-11-22-12-10-18/h3-6,15H,7-13H2,1-2H3,(H,20,21). The van der Waals surface area contributed by atoms with Crippen molar-refractivity contribution < 1.29 is 14.6 Å². The van der Waals surface area contributed by atoms with Crippen LogP contribution < -0.4 is 4.90 Å². The van der Waals surface area contributed by atoms with Crippen molar-refractivity contribution in [1.82, 2.24) is 4.90 Å². The van der Waals surface area contributed by atoms with Crippen LogP contribution in [0.1, 0.15) is 12.5 Å². The fraction of sp³-hybridized carbons (Fsp3) is 0.588. The number of carboxylic acid groups (broad SMARTS) is 1. The van der Waals surface area contributed by atoms with Crippen LogP contribution in [0.2, 0.25) is 0 Å². The highest BCUT2D eigenvalue weighted by atomic mass is 16.5. The zero-order chi connectivity index (χ0) is 15.9. The van der Waals surface area contributed by atoms with Gasteiger partial charge in [-0.1, -0.05) is 25.1 Å². The SMILES string of the molecule is Cc1ccccc1N(CCN1CCOCC1)CC(C)C(=O)O. The molecule has 0 radical (unpaired) electrons. The predicted molar refractivity (Wildman–Crippen MR) is 87.5 cm³/mol. The number of anilines is 1. The Labute approximate surface area is 132 Å². The Morgan fingerprint density at radius 3 is 2.68 bits per heavy atom. The van der Waals surface area contributed by atoms with Crippen molar-refractivity contribution in [2.45, 2.75) is 13.8 Å². The van der Waals surface area contributed by atoms with Gasteiger partial charge in [0.25, 0.3) is 0 Å². The Kier molecular flexibility index (Phi) is 6.21. The molecule has 0 bridgehead atoms. The Balaban J connectivity index is 2.04. The van der Waals surface area contributed by atoms with E-state index in [1.54, 1.807) is 6.92 Å². The lowest BCUT2D eigenvalue weighted by Gasteiger charge is -2.32. The smallest absolute Gasteiger partial charge is 0.308 e. The molecule has 0 saturated carbocycles. The van der Waals surface area contributed by atoms with Crippen LogP contribution in [0.5, 0.6) is 0 Å². The van der Waals surface area contributed by atoms with Crippen molar-refractivity contribution in [3.8, 4) is 0 Å². The summed E-state index contributed by atoms with van der Waals surface area (Å²) in [6, 6.07) is 8.17. The van der Waals surface area contributed by atoms with Gasteiger partial charge in [-0.3, -0.25) is 9.69 Å². The first-order valence-corrected chi connectivity index (χ1v) is 7.91. The maximum Gasteiger partial charge on any atom is 0.308 e. The van der Waals surface area contributed by atoms with E-state index in [4.69, 9.17) is 4.74 Å². The van der Waals surface area contributed by atoms with E-state index in [9.17, 15) is 9.90 Å². The van der Waals surface area contributed by atoms with Gasteiger partial charge in [0.05, 0.1) is 19.1 Å². The Hall–Kier alpha value is -1.59. The van der Waals surface area contributed by atoms with Crippen molar-refractivity contribution in [2.75, 3.05) is 50.8 Å². The fourth-order valence-electron chi connectivity index (χ4n) is 2.72. The van der Waals surface area contributed by atoms with Gasteiger partial charge in [-0.25, -0.2) is 0 Å². The van der Waals surface area contributed by atoms with Crippen LogP contribution in [0.4, 0.5) is 5.69 Å². The van der Waals surface area contributed by atoms with Crippen LogP contribution in [0.15, 0.2) is 24.3 Å². The normalized spacial score (nSPS) is 17.2. The lowest BCUT2D eigenvalue weighted by Crippen LogP contribution is -2.43. The highest BCUT2D eigenvalue weighted by Gasteiger charge is 2.19. The first kappa shape index (κ1) is 16.8. The average molecular weight is 306 g/mol. The summed E-state index contributed by atoms with van der Waals surface area (Å²) < 4.78 is 5.37. The molecule has 1 saturated heterocycles. The summed E-state index contributed by atoms with van der Waals surface area (Å²) in [5, 5.41) is 9.21. The number of benzene rings is 1. The number of hydrogen-bond acceptors (Lipinski definition) is 4. The third kappa shape index (κ3) is 4.71. The number of carbonyl (C=O) groups is 1. The van der Waals surface area contributed by atoms with E-state index >= 15 is 0 Å². The molecule has 1 N–H and O–H groups in total. The Morgan fingerprint density at radius 1 is 1.36 bits per heavy atom. The molecule has 5 heteroatoms. The van der Waals surface area contributed by atoms with Crippen LogP contribution in [0, 0.1) is 12.8 Å². The molecule has 22 heavy (non-hydrogen) atoms. The number of nitrogens with zero attached hydrogens (tertiary/aromatic N) is 2. The molecular weight excluding hydrogens is 280 g/mol. The zero-order valence-corrected chi connectivity index (χ0v) is 13.5. The van der Waals surface area contributed by atoms with Gasteiger partial charge >= 0.3 is 5.97 Å². The molecular formula is C17H26N2O3. The maximum absolute atomic E-state index is 11.2. The molecule has 0 spiro atoms. The summed E-state index contributed by atoms with van der Waals surface area (Å²) in [7, 11) is 0. The molecule has 1 unspecified atom stereocenters. The average Bonchev–Trinajstić information content (AvgIpc) is 2.53. The minimum Gasteiger partial charge on any atom is -0.481 e. The summed E-state index contributed by atoms with van der Waals surface area (Å²) >= 11 is 0. The van der Waals surface area contributed by atoms with Crippen LogP contribution in [-0.4, -0.2) is 61.9 Å². The molecule has 5 nitrogen and oxygen atoms in total. The van der Waals surface area contributed by atoms with Crippen LogP contribution in [-0.2, 0) is 9.53 Å². The summed E-state index contributed by atoms with van der Waals surface area (Å²) in [6.07, 6.45) is 0. The number of ether oxygens (including phenoxy) is 1. The van der Waals surface area contributed by atoms with Gasteiger partial charge in [0.15, 0.2) is 0 Å². The third-order valence-electron chi connectivity index (χ3n) is 4.16. The van der Waals surface area contributed by atoms with Crippen molar-refractivity contribution in [2.24, 2.45) is 5.92 Å².